The van der Waals surface area contributed by atoms with E-state index in [-0.39, 0.29) is 0 Å². The average Bonchev–Trinajstić information content (AvgIpc) is 2.43. The third-order valence-corrected chi connectivity index (χ3v) is 3.27. The molecule has 2 rings (SSSR count). The lowest BCUT2D eigenvalue weighted by Crippen LogP contribution is -2.14. The Hall–Kier alpha value is -1.80. The van der Waals surface area contributed by atoms with Crippen LogP contribution in [0.3, 0.4) is 0 Å². The fourth-order valence-electron chi connectivity index (χ4n) is 2.14. The fraction of sp³-hybridized carbons (Fsp3) is 0.294. The standard InChI is InChI=1S/C17H21NO/c1-4-17(18-3)14-6-5-7-16(12-14)19-15-10-8-13(2)9-11-15/h5-12,17-18H,4H2,1-3H3. The van der Waals surface area contributed by atoms with E-state index in [4.69, 9.17) is 4.74 Å². The van der Waals surface area contributed by atoms with Gasteiger partial charge in [0.2, 0.25) is 0 Å². The minimum absolute atomic E-state index is 0.376. The van der Waals surface area contributed by atoms with Crippen molar-refractivity contribution in [1.82, 2.24) is 5.32 Å². The minimum Gasteiger partial charge on any atom is -0.457 e. The van der Waals surface area contributed by atoms with E-state index in [0.29, 0.717) is 6.04 Å². The van der Waals surface area contributed by atoms with Crippen LogP contribution in [0, 0.1) is 6.92 Å². The maximum absolute atomic E-state index is 5.89. The molecule has 0 aliphatic carbocycles. The second-order valence-corrected chi connectivity index (χ2v) is 4.74. The molecule has 1 unspecified atom stereocenters. The molecule has 0 spiro atoms. The zero-order valence-electron chi connectivity index (χ0n) is 11.8. The van der Waals surface area contributed by atoms with Crippen molar-refractivity contribution in [3.8, 4) is 11.5 Å². The topological polar surface area (TPSA) is 21.3 Å². The Morgan fingerprint density at radius 3 is 2.42 bits per heavy atom. The molecular formula is C17H21NO. The Bertz CT molecular complexity index is 515. The molecule has 2 aromatic rings. The summed E-state index contributed by atoms with van der Waals surface area (Å²) in [5.74, 6) is 1.76. The van der Waals surface area contributed by atoms with Crippen LogP contribution < -0.4 is 10.1 Å². The normalized spacial score (nSPS) is 12.2. The molecule has 2 nitrogen and oxygen atoms in total. The van der Waals surface area contributed by atoms with Gasteiger partial charge in [0.25, 0.3) is 0 Å². The lowest BCUT2D eigenvalue weighted by Gasteiger charge is -2.15. The van der Waals surface area contributed by atoms with Crippen LogP contribution in [0.4, 0.5) is 0 Å². The van der Waals surface area contributed by atoms with Crippen LogP contribution in [-0.2, 0) is 0 Å². The van der Waals surface area contributed by atoms with Crippen molar-refractivity contribution in [1.29, 1.82) is 0 Å². The summed E-state index contributed by atoms with van der Waals surface area (Å²) in [6, 6.07) is 16.8. The largest absolute Gasteiger partial charge is 0.457 e. The first kappa shape index (κ1) is 13.6. The van der Waals surface area contributed by atoms with E-state index in [1.165, 1.54) is 11.1 Å². The van der Waals surface area contributed by atoms with Crippen LogP contribution in [-0.4, -0.2) is 7.05 Å². The van der Waals surface area contributed by atoms with E-state index in [0.717, 1.165) is 17.9 Å². The number of benzene rings is 2. The van der Waals surface area contributed by atoms with Gasteiger partial charge in [-0.1, -0.05) is 36.8 Å². The van der Waals surface area contributed by atoms with E-state index in [9.17, 15) is 0 Å². The molecule has 0 aliphatic heterocycles. The number of hydrogen-bond donors (Lipinski definition) is 1. The molecule has 0 heterocycles. The third-order valence-electron chi connectivity index (χ3n) is 3.27. The molecule has 1 N–H and O–H groups in total. The van der Waals surface area contributed by atoms with Gasteiger partial charge in [-0.2, -0.15) is 0 Å². The van der Waals surface area contributed by atoms with Crippen LogP contribution in [0.25, 0.3) is 0 Å². The van der Waals surface area contributed by atoms with Crippen molar-refractivity contribution >= 4 is 0 Å². The molecular weight excluding hydrogens is 234 g/mol. The van der Waals surface area contributed by atoms with Crippen LogP contribution in [0.2, 0.25) is 0 Å². The molecule has 0 bridgehead atoms. The highest BCUT2D eigenvalue weighted by Crippen LogP contribution is 2.25. The minimum atomic E-state index is 0.376. The van der Waals surface area contributed by atoms with Crippen LogP contribution >= 0.6 is 0 Å². The SMILES string of the molecule is CCC(NC)c1cccc(Oc2ccc(C)cc2)c1. The van der Waals surface area contributed by atoms with Crippen LogP contribution in [0.15, 0.2) is 48.5 Å². The molecule has 2 heteroatoms. The summed E-state index contributed by atoms with van der Waals surface area (Å²) in [4.78, 5) is 0. The summed E-state index contributed by atoms with van der Waals surface area (Å²) >= 11 is 0. The average molecular weight is 255 g/mol. The molecule has 0 amide bonds. The van der Waals surface area contributed by atoms with Crippen LogP contribution in [0.5, 0.6) is 11.5 Å². The molecule has 1 atom stereocenters. The number of rotatable bonds is 5. The van der Waals surface area contributed by atoms with Crippen LogP contribution in [0.1, 0.15) is 30.5 Å². The summed E-state index contributed by atoms with van der Waals surface area (Å²) in [7, 11) is 1.99. The molecule has 0 radical (unpaired) electrons. The Morgan fingerprint density at radius 1 is 1.05 bits per heavy atom. The highest BCUT2D eigenvalue weighted by atomic mass is 16.5. The predicted octanol–water partition coefficient (Wildman–Crippen LogP) is 4.46. The second kappa shape index (κ2) is 6.39. The smallest absolute Gasteiger partial charge is 0.127 e. The molecule has 19 heavy (non-hydrogen) atoms. The lowest BCUT2D eigenvalue weighted by atomic mass is 10.0. The van der Waals surface area contributed by atoms with Gasteiger partial charge < -0.3 is 10.1 Å². The summed E-state index contributed by atoms with van der Waals surface area (Å²) < 4.78 is 5.89. The van der Waals surface area contributed by atoms with Gasteiger partial charge in [-0.25, -0.2) is 0 Å². The monoisotopic (exact) mass is 255 g/mol. The maximum atomic E-state index is 5.89. The Balaban J connectivity index is 2.17. The molecule has 0 aliphatic rings. The molecule has 0 saturated heterocycles. The summed E-state index contributed by atoms with van der Waals surface area (Å²) in [5.41, 5.74) is 2.50. The van der Waals surface area contributed by atoms with E-state index in [1.54, 1.807) is 0 Å². The quantitative estimate of drug-likeness (QED) is 0.851. The van der Waals surface area contributed by atoms with Gasteiger partial charge in [0.15, 0.2) is 0 Å². The second-order valence-electron chi connectivity index (χ2n) is 4.74. The Morgan fingerprint density at radius 2 is 1.79 bits per heavy atom. The predicted molar refractivity (Wildman–Crippen MR) is 79.8 cm³/mol. The first-order valence-electron chi connectivity index (χ1n) is 6.74. The number of nitrogens with one attached hydrogen (secondary N) is 1. The number of ether oxygens (including phenoxy) is 1. The van der Waals surface area contributed by atoms with Crippen molar-refractivity contribution in [3.63, 3.8) is 0 Å². The van der Waals surface area contributed by atoms with Gasteiger partial charge >= 0.3 is 0 Å². The van der Waals surface area contributed by atoms with Crippen molar-refractivity contribution in [2.24, 2.45) is 0 Å². The zero-order chi connectivity index (χ0) is 13.7. The summed E-state index contributed by atoms with van der Waals surface area (Å²) in [6.45, 7) is 4.25. The van der Waals surface area contributed by atoms with Crippen molar-refractivity contribution in [2.45, 2.75) is 26.3 Å². The zero-order valence-corrected chi connectivity index (χ0v) is 11.8. The highest BCUT2D eigenvalue weighted by Gasteiger charge is 2.07. The first-order chi connectivity index (χ1) is 9.22. The number of hydrogen-bond acceptors (Lipinski definition) is 2. The van der Waals surface area contributed by atoms with Crippen molar-refractivity contribution < 1.29 is 4.74 Å². The van der Waals surface area contributed by atoms with E-state index < -0.39 is 0 Å². The molecule has 2 aromatic carbocycles. The van der Waals surface area contributed by atoms with Gasteiger partial charge in [0, 0.05) is 6.04 Å². The van der Waals surface area contributed by atoms with Gasteiger partial charge in [-0.05, 0) is 50.2 Å². The van der Waals surface area contributed by atoms with Gasteiger partial charge in [0.05, 0.1) is 0 Å². The van der Waals surface area contributed by atoms with Gasteiger partial charge in [-0.3, -0.25) is 0 Å². The fourth-order valence-corrected chi connectivity index (χ4v) is 2.14. The molecule has 0 aromatic heterocycles. The van der Waals surface area contributed by atoms with E-state index >= 15 is 0 Å². The maximum Gasteiger partial charge on any atom is 0.127 e. The summed E-state index contributed by atoms with van der Waals surface area (Å²) in [6.07, 6.45) is 1.06. The molecule has 0 saturated carbocycles. The van der Waals surface area contributed by atoms with Crippen molar-refractivity contribution in [2.75, 3.05) is 7.05 Å². The molecule has 100 valence electrons. The molecule has 0 fully saturated rings. The van der Waals surface area contributed by atoms with Gasteiger partial charge in [-0.15, -0.1) is 0 Å². The first-order valence-corrected chi connectivity index (χ1v) is 6.74. The number of aryl methyl sites for hydroxylation is 1. The Kier molecular flexibility index (Phi) is 4.58. The van der Waals surface area contributed by atoms with E-state index in [2.05, 4.69) is 43.4 Å². The van der Waals surface area contributed by atoms with E-state index in [1.807, 2.05) is 31.3 Å². The Labute approximate surface area is 115 Å². The lowest BCUT2D eigenvalue weighted by molar-refractivity contribution is 0.479. The summed E-state index contributed by atoms with van der Waals surface area (Å²) in [5, 5.41) is 3.31. The third kappa shape index (κ3) is 3.58. The van der Waals surface area contributed by atoms with Gasteiger partial charge in [0.1, 0.15) is 11.5 Å². The van der Waals surface area contributed by atoms with Crippen molar-refractivity contribution in [3.05, 3.63) is 59.7 Å². The highest BCUT2D eigenvalue weighted by molar-refractivity contribution is 5.36.